The fourth-order valence-electron chi connectivity index (χ4n) is 3.24. The van der Waals surface area contributed by atoms with Crippen molar-refractivity contribution < 1.29 is 0 Å². The lowest BCUT2D eigenvalue weighted by molar-refractivity contribution is 0.189. The molecular formula is C17H36N2. The van der Waals surface area contributed by atoms with Crippen LogP contribution in [0, 0.1) is 0 Å². The normalized spacial score (nSPS) is 18.9. The minimum absolute atomic E-state index is 0.750. The molecular weight excluding hydrogens is 232 g/mol. The molecule has 0 bridgehead atoms. The number of unbranched alkanes of at least 4 members (excludes halogenated alkanes) is 1. The van der Waals surface area contributed by atoms with Crippen molar-refractivity contribution in [3.05, 3.63) is 0 Å². The summed E-state index contributed by atoms with van der Waals surface area (Å²) in [6.45, 7) is 7.05. The van der Waals surface area contributed by atoms with Crippen LogP contribution in [0.1, 0.15) is 78.1 Å². The van der Waals surface area contributed by atoms with Gasteiger partial charge in [-0.2, -0.15) is 0 Å². The van der Waals surface area contributed by atoms with E-state index in [0.29, 0.717) is 0 Å². The number of nitrogens with one attached hydrogen (secondary N) is 1. The average molecular weight is 268 g/mol. The van der Waals surface area contributed by atoms with Gasteiger partial charge in [0.2, 0.25) is 0 Å². The summed E-state index contributed by atoms with van der Waals surface area (Å²) in [7, 11) is 2.32. The Balaban J connectivity index is 2.05. The Hall–Kier alpha value is -0.0800. The van der Waals surface area contributed by atoms with Crippen molar-refractivity contribution in [2.75, 3.05) is 20.1 Å². The molecule has 1 N–H and O–H groups in total. The zero-order chi connectivity index (χ0) is 13.9. The highest BCUT2D eigenvalue weighted by Gasteiger charge is 2.17. The van der Waals surface area contributed by atoms with Gasteiger partial charge in [-0.1, -0.05) is 46.0 Å². The second-order valence-electron chi connectivity index (χ2n) is 6.33. The van der Waals surface area contributed by atoms with Crippen molar-refractivity contribution >= 4 is 0 Å². The Morgan fingerprint density at radius 1 is 1.11 bits per heavy atom. The first-order valence-electron chi connectivity index (χ1n) is 8.71. The van der Waals surface area contributed by atoms with Gasteiger partial charge >= 0.3 is 0 Å². The molecule has 114 valence electrons. The van der Waals surface area contributed by atoms with Crippen molar-refractivity contribution in [1.29, 1.82) is 0 Å². The standard InChI is InChI=1S/C17H36N2/c1-4-6-11-16(5-2)18-14-10-15-19(3)17-12-8-7-9-13-17/h16-18H,4-15H2,1-3H3. The van der Waals surface area contributed by atoms with E-state index in [1.807, 2.05) is 0 Å². The van der Waals surface area contributed by atoms with Crippen LogP contribution in [-0.4, -0.2) is 37.1 Å². The van der Waals surface area contributed by atoms with Crippen LogP contribution in [0.3, 0.4) is 0 Å². The first-order valence-corrected chi connectivity index (χ1v) is 8.71. The lowest BCUT2D eigenvalue weighted by atomic mass is 9.94. The minimum atomic E-state index is 0.750. The van der Waals surface area contributed by atoms with Crippen LogP contribution < -0.4 is 5.32 Å². The van der Waals surface area contributed by atoms with Crippen molar-refractivity contribution in [3.8, 4) is 0 Å². The summed E-state index contributed by atoms with van der Waals surface area (Å²) in [5.74, 6) is 0. The summed E-state index contributed by atoms with van der Waals surface area (Å²) in [5.41, 5.74) is 0. The summed E-state index contributed by atoms with van der Waals surface area (Å²) in [5, 5.41) is 3.74. The lowest BCUT2D eigenvalue weighted by Gasteiger charge is -2.31. The number of nitrogens with zero attached hydrogens (tertiary/aromatic N) is 1. The highest BCUT2D eigenvalue weighted by Crippen LogP contribution is 2.21. The van der Waals surface area contributed by atoms with Crippen LogP contribution in [0.25, 0.3) is 0 Å². The molecule has 1 fully saturated rings. The summed E-state index contributed by atoms with van der Waals surface area (Å²) in [6, 6.07) is 1.62. The molecule has 0 aromatic rings. The molecule has 2 nitrogen and oxygen atoms in total. The topological polar surface area (TPSA) is 15.3 Å². The molecule has 0 heterocycles. The third kappa shape index (κ3) is 7.31. The summed E-state index contributed by atoms with van der Waals surface area (Å²) < 4.78 is 0. The smallest absolute Gasteiger partial charge is 0.00922 e. The van der Waals surface area contributed by atoms with Gasteiger partial charge in [0.05, 0.1) is 0 Å². The molecule has 19 heavy (non-hydrogen) atoms. The van der Waals surface area contributed by atoms with E-state index < -0.39 is 0 Å². The first-order chi connectivity index (χ1) is 9.27. The second-order valence-corrected chi connectivity index (χ2v) is 6.33. The van der Waals surface area contributed by atoms with E-state index in [1.165, 1.54) is 77.3 Å². The van der Waals surface area contributed by atoms with E-state index in [-0.39, 0.29) is 0 Å². The van der Waals surface area contributed by atoms with E-state index in [9.17, 15) is 0 Å². The maximum atomic E-state index is 3.74. The van der Waals surface area contributed by atoms with E-state index in [0.717, 1.165) is 12.1 Å². The Bertz CT molecular complexity index is 199. The molecule has 1 aliphatic carbocycles. The highest BCUT2D eigenvalue weighted by atomic mass is 15.1. The molecule has 0 aromatic carbocycles. The summed E-state index contributed by atoms with van der Waals surface area (Å²) >= 11 is 0. The van der Waals surface area contributed by atoms with Crippen molar-refractivity contribution in [2.45, 2.75) is 90.1 Å². The second kappa shape index (κ2) is 10.7. The average Bonchev–Trinajstić information content (AvgIpc) is 2.47. The van der Waals surface area contributed by atoms with E-state index in [2.05, 4.69) is 31.1 Å². The summed E-state index contributed by atoms with van der Waals surface area (Å²) in [4.78, 5) is 2.60. The molecule has 0 amide bonds. The Kier molecular flexibility index (Phi) is 9.54. The van der Waals surface area contributed by atoms with E-state index >= 15 is 0 Å². The molecule has 0 saturated heterocycles. The molecule has 1 atom stereocenters. The maximum absolute atomic E-state index is 3.74. The molecule has 0 spiro atoms. The zero-order valence-corrected chi connectivity index (χ0v) is 13.6. The minimum Gasteiger partial charge on any atom is -0.314 e. The van der Waals surface area contributed by atoms with Gasteiger partial charge in [0.25, 0.3) is 0 Å². The lowest BCUT2D eigenvalue weighted by Crippen LogP contribution is -2.36. The van der Waals surface area contributed by atoms with Crippen LogP contribution in [0.15, 0.2) is 0 Å². The van der Waals surface area contributed by atoms with Crippen LogP contribution in [0.2, 0.25) is 0 Å². The molecule has 2 heteroatoms. The molecule has 1 saturated carbocycles. The monoisotopic (exact) mass is 268 g/mol. The van der Waals surface area contributed by atoms with Crippen LogP contribution in [0.5, 0.6) is 0 Å². The van der Waals surface area contributed by atoms with Crippen molar-refractivity contribution in [2.24, 2.45) is 0 Å². The molecule has 1 aliphatic rings. The Morgan fingerprint density at radius 3 is 2.47 bits per heavy atom. The number of hydrogen-bond acceptors (Lipinski definition) is 2. The van der Waals surface area contributed by atoms with Gasteiger partial charge in [-0.25, -0.2) is 0 Å². The van der Waals surface area contributed by atoms with Crippen LogP contribution in [0.4, 0.5) is 0 Å². The quantitative estimate of drug-likeness (QED) is 0.597. The van der Waals surface area contributed by atoms with E-state index in [4.69, 9.17) is 0 Å². The van der Waals surface area contributed by atoms with Crippen LogP contribution >= 0.6 is 0 Å². The Labute approximate surface area is 121 Å². The molecule has 1 unspecified atom stereocenters. The predicted octanol–water partition coefficient (Wildman–Crippen LogP) is 4.20. The maximum Gasteiger partial charge on any atom is 0.00922 e. The molecule has 0 aromatic heterocycles. The van der Waals surface area contributed by atoms with Gasteiger partial charge < -0.3 is 10.2 Å². The fourth-order valence-corrected chi connectivity index (χ4v) is 3.24. The zero-order valence-electron chi connectivity index (χ0n) is 13.6. The molecule has 0 radical (unpaired) electrons. The fraction of sp³-hybridized carbons (Fsp3) is 1.00. The van der Waals surface area contributed by atoms with Crippen LogP contribution in [-0.2, 0) is 0 Å². The number of hydrogen-bond donors (Lipinski definition) is 1. The van der Waals surface area contributed by atoms with Gasteiger partial charge in [-0.15, -0.1) is 0 Å². The molecule has 0 aliphatic heterocycles. The highest BCUT2D eigenvalue weighted by molar-refractivity contribution is 4.74. The van der Waals surface area contributed by atoms with E-state index in [1.54, 1.807) is 0 Å². The SMILES string of the molecule is CCCCC(CC)NCCCN(C)C1CCCCC1. The third-order valence-electron chi connectivity index (χ3n) is 4.72. The largest absolute Gasteiger partial charge is 0.314 e. The van der Waals surface area contributed by atoms with Gasteiger partial charge in [0.15, 0.2) is 0 Å². The van der Waals surface area contributed by atoms with Crippen molar-refractivity contribution in [3.63, 3.8) is 0 Å². The van der Waals surface area contributed by atoms with Gasteiger partial charge in [-0.05, 0) is 52.2 Å². The molecule has 1 rings (SSSR count). The van der Waals surface area contributed by atoms with Gasteiger partial charge in [-0.3, -0.25) is 0 Å². The summed E-state index contributed by atoms with van der Waals surface area (Å²) in [6.07, 6.45) is 13.8. The third-order valence-corrected chi connectivity index (χ3v) is 4.72. The van der Waals surface area contributed by atoms with Gasteiger partial charge in [0, 0.05) is 12.1 Å². The van der Waals surface area contributed by atoms with Crippen molar-refractivity contribution in [1.82, 2.24) is 10.2 Å². The van der Waals surface area contributed by atoms with Gasteiger partial charge in [0.1, 0.15) is 0 Å². The first kappa shape index (κ1) is 17.0. The predicted molar refractivity (Wildman–Crippen MR) is 85.7 cm³/mol. The number of rotatable bonds is 10. The Morgan fingerprint density at radius 2 is 1.84 bits per heavy atom.